The predicted octanol–water partition coefficient (Wildman–Crippen LogP) is 2.44. The van der Waals surface area contributed by atoms with Crippen LogP contribution in [-0.2, 0) is 9.59 Å². The first kappa shape index (κ1) is 14.5. The van der Waals surface area contributed by atoms with Gasteiger partial charge in [-0.1, -0.05) is 19.9 Å². The normalized spacial score (nSPS) is 16.2. The minimum atomic E-state index is -0.557. The van der Waals surface area contributed by atoms with Crippen molar-refractivity contribution in [2.24, 2.45) is 5.92 Å². The molecule has 0 aromatic heterocycles. The molecule has 5 heteroatoms. The van der Waals surface area contributed by atoms with Crippen LogP contribution >= 0.6 is 0 Å². The van der Waals surface area contributed by atoms with Gasteiger partial charge < -0.3 is 15.7 Å². The fourth-order valence-electron chi connectivity index (χ4n) is 2.17. The molecule has 0 bridgehead atoms. The maximum atomic E-state index is 11.5. The number of fused-ring (bicyclic) bond motifs is 1. The van der Waals surface area contributed by atoms with Gasteiger partial charge in [0.15, 0.2) is 0 Å². The zero-order valence-electron chi connectivity index (χ0n) is 11.8. The highest BCUT2D eigenvalue weighted by atomic mass is 16.3. The average molecular weight is 276 g/mol. The molecule has 0 fully saturated rings. The molecule has 1 aromatic carbocycles. The van der Waals surface area contributed by atoms with Gasteiger partial charge in [-0.3, -0.25) is 9.59 Å². The lowest BCUT2D eigenvalue weighted by Crippen LogP contribution is -2.16. The van der Waals surface area contributed by atoms with E-state index in [0.717, 1.165) is 12.0 Å². The largest absolute Gasteiger partial charge is 0.388 e. The standard InChI is InChI=1S/C15H20N2O3/c1-9(2)3-6-13(18)10-4-5-11-12(7-10)17-15(20)8-14(19)16-11/h4-5,7,9,13,18H,3,6,8H2,1-2H3,(H,16,19)(H,17,20). The Hall–Kier alpha value is -1.88. The van der Waals surface area contributed by atoms with E-state index in [2.05, 4.69) is 24.5 Å². The molecule has 2 rings (SSSR count). The van der Waals surface area contributed by atoms with E-state index in [4.69, 9.17) is 0 Å². The number of hydrogen-bond donors (Lipinski definition) is 3. The first-order chi connectivity index (χ1) is 9.45. The molecular formula is C15H20N2O3. The summed E-state index contributed by atoms with van der Waals surface area (Å²) in [5.74, 6) is -0.131. The molecule has 1 aliphatic heterocycles. The number of rotatable bonds is 4. The van der Waals surface area contributed by atoms with Crippen LogP contribution < -0.4 is 10.6 Å². The van der Waals surface area contributed by atoms with Gasteiger partial charge in [-0.2, -0.15) is 0 Å². The Balaban J connectivity index is 2.18. The van der Waals surface area contributed by atoms with Gasteiger partial charge >= 0.3 is 0 Å². The molecule has 20 heavy (non-hydrogen) atoms. The first-order valence-electron chi connectivity index (χ1n) is 6.87. The van der Waals surface area contributed by atoms with Crippen molar-refractivity contribution in [3.8, 4) is 0 Å². The van der Waals surface area contributed by atoms with Crippen LogP contribution in [0.15, 0.2) is 18.2 Å². The molecule has 1 aliphatic rings. The molecule has 0 spiro atoms. The van der Waals surface area contributed by atoms with E-state index in [0.29, 0.717) is 23.7 Å². The predicted molar refractivity (Wildman–Crippen MR) is 77.4 cm³/mol. The summed E-state index contributed by atoms with van der Waals surface area (Å²) in [6.07, 6.45) is 0.872. The smallest absolute Gasteiger partial charge is 0.233 e. The van der Waals surface area contributed by atoms with Gasteiger partial charge in [-0.15, -0.1) is 0 Å². The molecule has 2 amide bonds. The SMILES string of the molecule is CC(C)CCC(O)c1ccc2c(c1)NC(=O)CC(=O)N2. The number of aliphatic hydroxyl groups excluding tert-OH is 1. The number of carbonyl (C=O) groups is 2. The van der Waals surface area contributed by atoms with Crippen LogP contribution in [0.3, 0.4) is 0 Å². The van der Waals surface area contributed by atoms with E-state index in [1.165, 1.54) is 0 Å². The van der Waals surface area contributed by atoms with E-state index in [9.17, 15) is 14.7 Å². The van der Waals surface area contributed by atoms with Crippen LogP contribution in [0, 0.1) is 5.92 Å². The molecule has 1 aromatic rings. The summed E-state index contributed by atoms with van der Waals surface area (Å²) in [6.45, 7) is 4.22. The number of carbonyl (C=O) groups excluding carboxylic acids is 2. The molecule has 0 aliphatic carbocycles. The molecule has 108 valence electrons. The maximum absolute atomic E-state index is 11.5. The van der Waals surface area contributed by atoms with E-state index in [-0.39, 0.29) is 18.2 Å². The minimum Gasteiger partial charge on any atom is -0.388 e. The van der Waals surface area contributed by atoms with Crippen LogP contribution in [-0.4, -0.2) is 16.9 Å². The van der Waals surface area contributed by atoms with Gasteiger partial charge in [-0.05, 0) is 36.5 Å². The highest BCUT2D eigenvalue weighted by molar-refractivity contribution is 6.13. The Morgan fingerprint density at radius 1 is 1.10 bits per heavy atom. The number of amides is 2. The van der Waals surface area contributed by atoms with Crippen molar-refractivity contribution in [2.45, 2.75) is 39.2 Å². The van der Waals surface area contributed by atoms with Gasteiger partial charge in [0.2, 0.25) is 11.8 Å². The summed E-state index contributed by atoms with van der Waals surface area (Å²) in [7, 11) is 0. The lowest BCUT2D eigenvalue weighted by molar-refractivity contribution is -0.123. The maximum Gasteiger partial charge on any atom is 0.233 e. The summed E-state index contributed by atoms with van der Waals surface area (Å²) in [5, 5.41) is 15.5. The molecule has 1 atom stereocenters. The van der Waals surface area contributed by atoms with E-state index in [1.807, 2.05) is 0 Å². The molecule has 0 saturated heterocycles. The molecule has 0 saturated carbocycles. The van der Waals surface area contributed by atoms with Crippen LogP contribution in [0.4, 0.5) is 11.4 Å². The van der Waals surface area contributed by atoms with Gasteiger partial charge in [0.25, 0.3) is 0 Å². The fraction of sp³-hybridized carbons (Fsp3) is 0.467. The summed E-state index contributed by atoms with van der Waals surface area (Å²) in [5.41, 5.74) is 1.86. The van der Waals surface area contributed by atoms with Gasteiger partial charge in [-0.25, -0.2) is 0 Å². The average Bonchev–Trinajstić information content (AvgIpc) is 2.51. The second kappa shape index (κ2) is 6.05. The van der Waals surface area contributed by atoms with Crippen molar-refractivity contribution in [3.05, 3.63) is 23.8 Å². The van der Waals surface area contributed by atoms with Gasteiger partial charge in [0.1, 0.15) is 6.42 Å². The fourth-order valence-corrected chi connectivity index (χ4v) is 2.17. The third kappa shape index (κ3) is 3.57. The lowest BCUT2D eigenvalue weighted by atomic mass is 9.99. The Labute approximate surface area is 118 Å². The summed E-state index contributed by atoms with van der Waals surface area (Å²) < 4.78 is 0. The highest BCUT2D eigenvalue weighted by Gasteiger charge is 2.19. The van der Waals surface area contributed by atoms with Crippen molar-refractivity contribution in [1.82, 2.24) is 0 Å². The second-order valence-corrected chi connectivity index (χ2v) is 5.57. The van der Waals surface area contributed by atoms with Crippen LogP contribution in [0.25, 0.3) is 0 Å². The van der Waals surface area contributed by atoms with Crippen LogP contribution in [0.2, 0.25) is 0 Å². The monoisotopic (exact) mass is 276 g/mol. The summed E-state index contributed by atoms with van der Waals surface area (Å²) in [6, 6.07) is 5.22. The summed E-state index contributed by atoms with van der Waals surface area (Å²) in [4.78, 5) is 22.9. The van der Waals surface area contributed by atoms with Gasteiger partial charge in [0, 0.05) is 0 Å². The summed E-state index contributed by atoms with van der Waals surface area (Å²) >= 11 is 0. The van der Waals surface area contributed by atoms with Crippen molar-refractivity contribution < 1.29 is 14.7 Å². The van der Waals surface area contributed by atoms with Crippen LogP contribution in [0.5, 0.6) is 0 Å². The van der Waals surface area contributed by atoms with E-state index >= 15 is 0 Å². The van der Waals surface area contributed by atoms with Crippen LogP contribution in [0.1, 0.15) is 44.8 Å². The van der Waals surface area contributed by atoms with E-state index in [1.54, 1.807) is 18.2 Å². The first-order valence-corrected chi connectivity index (χ1v) is 6.87. The van der Waals surface area contributed by atoms with Crippen molar-refractivity contribution in [2.75, 3.05) is 10.6 Å². The number of anilines is 2. The van der Waals surface area contributed by atoms with E-state index < -0.39 is 6.10 Å². The molecular weight excluding hydrogens is 256 g/mol. The Morgan fingerprint density at radius 3 is 2.40 bits per heavy atom. The Morgan fingerprint density at radius 2 is 1.75 bits per heavy atom. The van der Waals surface area contributed by atoms with Crippen molar-refractivity contribution in [3.63, 3.8) is 0 Å². The molecule has 5 nitrogen and oxygen atoms in total. The number of nitrogens with one attached hydrogen (secondary N) is 2. The number of benzene rings is 1. The Kier molecular flexibility index (Phi) is 4.39. The number of hydrogen-bond acceptors (Lipinski definition) is 3. The zero-order chi connectivity index (χ0) is 14.7. The third-order valence-electron chi connectivity index (χ3n) is 3.32. The minimum absolute atomic E-state index is 0.181. The van der Waals surface area contributed by atoms with Crippen molar-refractivity contribution in [1.29, 1.82) is 0 Å². The number of aliphatic hydroxyl groups is 1. The molecule has 1 heterocycles. The molecule has 0 radical (unpaired) electrons. The lowest BCUT2D eigenvalue weighted by Gasteiger charge is -2.15. The quantitative estimate of drug-likeness (QED) is 0.739. The van der Waals surface area contributed by atoms with Crippen molar-refractivity contribution >= 4 is 23.2 Å². The third-order valence-corrected chi connectivity index (χ3v) is 3.32. The molecule has 3 N–H and O–H groups in total. The molecule has 1 unspecified atom stereocenters. The zero-order valence-corrected chi connectivity index (χ0v) is 11.8. The highest BCUT2D eigenvalue weighted by Crippen LogP contribution is 2.30. The van der Waals surface area contributed by atoms with Gasteiger partial charge in [0.05, 0.1) is 17.5 Å². The second-order valence-electron chi connectivity index (χ2n) is 5.57. The Bertz CT molecular complexity index is 526. The topological polar surface area (TPSA) is 78.4 Å².